The monoisotopic (exact) mass is 236 g/mol. The minimum absolute atomic E-state index is 0. The van der Waals surface area contributed by atoms with Crippen molar-refractivity contribution in [1.29, 1.82) is 0 Å². The molecule has 0 fully saturated rings. The van der Waals surface area contributed by atoms with Crippen LogP contribution in [0.3, 0.4) is 0 Å². The third-order valence-electron chi connectivity index (χ3n) is 1.77. The van der Waals surface area contributed by atoms with E-state index in [1.807, 2.05) is 13.8 Å². The first-order valence-corrected chi connectivity index (χ1v) is 4.48. The molecule has 0 aromatic heterocycles. The molecule has 0 atom stereocenters. The van der Waals surface area contributed by atoms with E-state index < -0.39 is 12.6 Å². The molecule has 1 aromatic rings. The summed E-state index contributed by atoms with van der Waals surface area (Å²) >= 11 is 5.93. The molecule has 3 nitrogen and oxygen atoms in total. The van der Waals surface area contributed by atoms with Crippen molar-refractivity contribution in [3.63, 3.8) is 0 Å². The fourth-order valence-corrected chi connectivity index (χ4v) is 1.24. The zero-order chi connectivity index (χ0) is 10.7. The molecule has 0 aliphatic heterocycles. The van der Waals surface area contributed by atoms with E-state index in [2.05, 4.69) is 0 Å². The van der Waals surface area contributed by atoms with Crippen LogP contribution in [0.1, 0.15) is 11.1 Å². The molecule has 0 unspecified atom stereocenters. The van der Waals surface area contributed by atoms with Crippen LogP contribution in [0.4, 0.5) is 0 Å². The van der Waals surface area contributed by atoms with E-state index in [4.69, 9.17) is 16.3 Å². The second-order valence-corrected chi connectivity index (χ2v) is 3.41. The van der Waals surface area contributed by atoms with Crippen molar-refractivity contribution in [2.24, 2.45) is 0 Å². The van der Waals surface area contributed by atoms with Crippen LogP contribution in [0.25, 0.3) is 0 Å². The Morgan fingerprint density at radius 2 is 1.87 bits per heavy atom. The van der Waals surface area contributed by atoms with Crippen molar-refractivity contribution in [2.45, 2.75) is 13.8 Å². The molecule has 1 rings (SSSR count). The molecule has 0 heterocycles. The number of carbonyl (C=O) groups is 1. The van der Waals surface area contributed by atoms with Crippen molar-refractivity contribution < 1.29 is 44.2 Å². The van der Waals surface area contributed by atoms with E-state index in [9.17, 15) is 9.90 Å². The Morgan fingerprint density at radius 1 is 1.40 bits per heavy atom. The van der Waals surface area contributed by atoms with E-state index >= 15 is 0 Å². The normalized spacial score (nSPS) is 9.27. The van der Waals surface area contributed by atoms with Gasteiger partial charge >= 0.3 is 29.6 Å². The van der Waals surface area contributed by atoms with Crippen molar-refractivity contribution in [2.75, 3.05) is 6.61 Å². The topological polar surface area (TPSA) is 49.4 Å². The Labute approximate surface area is 116 Å². The molecule has 0 amide bonds. The van der Waals surface area contributed by atoms with Gasteiger partial charge in [0.1, 0.15) is 12.4 Å². The Bertz CT molecular complexity index is 343. The Morgan fingerprint density at radius 3 is 2.27 bits per heavy atom. The van der Waals surface area contributed by atoms with E-state index in [0.29, 0.717) is 10.8 Å². The predicted octanol–water partition coefficient (Wildman–Crippen LogP) is -1.91. The van der Waals surface area contributed by atoms with E-state index in [0.717, 1.165) is 11.1 Å². The number of ether oxygens (including phenoxy) is 1. The van der Waals surface area contributed by atoms with E-state index in [1.165, 1.54) is 0 Å². The van der Waals surface area contributed by atoms with Gasteiger partial charge in [-0.3, -0.25) is 0 Å². The molecule has 0 aliphatic carbocycles. The fourth-order valence-electron chi connectivity index (χ4n) is 1.13. The van der Waals surface area contributed by atoms with E-state index in [-0.39, 0.29) is 29.6 Å². The average Bonchev–Trinajstić information content (AvgIpc) is 2.10. The van der Waals surface area contributed by atoms with E-state index in [1.54, 1.807) is 12.1 Å². The Balaban J connectivity index is 0.00000196. The van der Waals surface area contributed by atoms with Gasteiger partial charge in [0.25, 0.3) is 0 Å². The standard InChI is InChI=1S/C10H11ClO3.Na/c1-6-3-8(14-5-9(12)13)4-7(2)10(6)11;/h3-4H,5H2,1-2H3,(H,12,13);/q;+1/p-1. The summed E-state index contributed by atoms with van der Waals surface area (Å²) in [6.45, 7) is 3.23. The van der Waals surface area contributed by atoms with Gasteiger partial charge < -0.3 is 14.6 Å². The Kier molecular flexibility index (Phi) is 6.29. The zero-order valence-electron chi connectivity index (χ0n) is 8.96. The van der Waals surface area contributed by atoms with Gasteiger partial charge in [-0.25, -0.2) is 0 Å². The summed E-state index contributed by atoms with van der Waals surface area (Å²) in [5.74, 6) is -0.746. The predicted molar refractivity (Wildman–Crippen MR) is 51.4 cm³/mol. The van der Waals surface area contributed by atoms with Crippen molar-refractivity contribution in [1.82, 2.24) is 0 Å². The maximum Gasteiger partial charge on any atom is 1.00 e. The average molecular weight is 237 g/mol. The molecule has 0 radical (unpaired) electrons. The third kappa shape index (κ3) is 4.43. The summed E-state index contributed by atoms with van der Waals surface area (Å²) < 4.78 is 4.96. The van der Waals surface area contributed by atoms with Gasteiger partial charge in [-0.2, -0.15) is 0 Å². The molecular weight excluding hydrogens is 227 g/mol. The number of hydrogen-bond donors (Lipinski definition) is 0. The van der Waals surface area contributed by atoms with Crippen LogP contribution in [-0.4, -0.2) is 12.6 Å². The van der Waals surface area contributed by atoms with Gasteiger partial charge in [0.15, 0.2) is 0 Å². The maximum absolute atomic E-state index is 10.1. The first-order chi connectivity index (χ1) is 6.50. The number of aliphatic carboxylic acids is 1. The smallest absolute Gasteiger partial charge is 0.546 e. The van der Waals surface area contributed by atoms with Crippen molar-refractivity contribution in [3.05, 3.63) is 28.3 Å². The molecule has 0 saturated carbocycles. The summed E-state index contributed by atoms with van der Waals surface area (Å²) in [5.41, 5.74) is 1.72. The van der Waals surface area contributed by atoms with Crippen molar-refractivity contribution in [3.8, 4) is 5.75 Å². The largest absolute Gasteiger partial charge is 1.00 e. The number of carbonyl (C=O) groups excluding carboxylic acids is 1. The number of rotatable bonds is 3. The maximum atomic E-state index is 10.1. The number of carboxylic acids is 1. The zero-order valence-corrected chi connectivity index (χ0v) is 11.7. The first kappa shape index (κ1) is 14.8. The number of carboxylic acid groups (broad SMARTS) is 1. The van der Waals surface area contributed by atoms with Crippen LogP contribution in [0.2, 0.25) is 5.02 Å². The molecule has 76 valence electrons. The van der Waals surface area contributed by atoms with Crippen molar-refractivity contribution >= 4 is 17.6 Å². The number of hydrogen-bond acceptors (Lipinski definition) is 3. The van der Waals surface area contributed by atoms with Gasteiger partial charge in [-0.05, 0) is 37.1 Å². The third-order valence-corrected chi connectivity index (χ3v) is 2.36. The molecule has 0 saturated heterocycles. The van der Waals surface area contributed by atoms with Gasteiger partial charge in [-0.1, -0.05) is 11.6 Å². The molecule has 5 heteroatoms. The summed E-state index contributed by atoms with van der Waals surface area (Å²) in [7, 11) is 0. The number of benzene rings is 1. The SMILES string of the molecule is Cc1cc(OCC(=O)[O-])cc(C)c1Cl.[Na+]. The molecule has 15 heavy (non-hydrogen) atoms. The summed E-state index contributed by atoms with van der Waals surface area (Å²) in [4.78, 5) is 10.1. The van der Waals surface area contributed by atoms with Crippen LogP contribution in [0, 0.1) is 13.8 Å². The minimum Gasteiger partial charge on any atom is -0.546 e. The number of aryl methyl sites for hydroxylation is 2. The Hall–Kier alpha value is -0.220. The molecule has 1 aromatic carbocycles. The molecule has 0 bridgehead atoms. The first-order valence-electron chi connectivity index (χ1n) is 4.10. The van der Waals surface area contributed by atoms with Crippen LogP contribution in [-0.2, 0) is 4.79 Å². The summed E-state index contributed by atoms with van der Waals surface area (Å²) in [5, 5.41) is 10.8. The van der Waals surface area contributed by atoms with Crippen LogP contribution >= 0.6 is 11.6 Å². The molecular formula is C10H10ClNaO3. The van der Waals surface area contributed by atoms with Crippen LogP contribution in [0.5, 0.6) is 5.75 Å². The molecule has 0 aliphatic rings. The minimum atomic E-state index is -1.24. The van der Waals surface area contributed by atoms with Crippen LogP contribution < -0.4 is 39.4 Å². The number of halogens is 1. The van der Waals surface area contributed by atoms with Gasteiger partial charge in [-0.15, -0.1) is 0 Å². The molecule has 0 spiro atoms. The van der Waals surface area contributed by atoms with Gasteiger partial charge in [0.2, 0.25) is 0 Å². The fraction of sp³-hybridized carbons (Fsp3) is 0.300. The second-order valence-electron chi connectivity index (χ2n) is 3.03. The summed E-state index contributed by atoms with van der Waals surface area (Å²) in [6.07, 6.45) is 0. The second kappa shape index (κ2) is 6.38. The van der Waals surface area contributed by atoms with Crippen LogP contribution in [0.15, 0.2) is 12.1 Å². The quantitative estimate of drug-likeness (QED) is 0.576. The van der Waals surface area contributed by atoms with Gasteiger partial charge in [0.05, 0.1) is 5.97 Å². The summed E-state index contributed by atoms with van der Waals surface area (Å²) in [6, 6.07) is 3.39. The van der Waals surface area contributed by atoms with Gasteiger partial charge in [0, 0.05) is 5.02 Å². The molecule has 0 N–H and O–H groups in total.